The number of imidazole rings is 1. The standard InChI is InChI=1S/C16H20FN3/c1-12-11-20(14-7-3-4-8-14)16(19-12)18-10-13-6-2-5-9-15(13)17/h2,5-6,9,11,14H,3-4,7-8,10H2,1H3,(H,18,19). The number of nitrogens with zero attached hydrogens (tertiary/aromatic N) is 2. The Morgan fingerprint density at radius 1 is 1.30 bits per heavy atom. The molecule has 1 heterocycles. The summed E-state index contributed by atoms with van der Waals surface area (Å²) in [6.07, 6.45) is 7.09. The molecule has 0 amide bonds. The van der Waals surface area contributed by atoms with Crippen molar-refractivity contribution in [1.82, 2.24) is 9.55 Å². The van der Waals surface area contributed by atoms with Crippen molar-refractivity contribution in [3.63, 3.8) is 0 Å². The Bertz CT molecular complexity index is 585. The highest BCUT2D eigenvalue weighted by Crippen LogP contribution is 2.32. The summed E-state index contributed by atoms with van der Waals surface area (Å²) in [5.74, 6) is 0.688. The summed E-state index contributed by atoms with van der Waals surface area (Å²) in [7, 11) is 0. The highest BCUT2D eigenvalue weighted by molar-refractivity contribution is 5.32. The lowest BCUT2D eigenvalue weighted by atomic mass is 10.2. The van der Waals surface area contributed by atoms with Crippen LogP contribution >= 0.6 is 0 Å². The molecule has 3 nitrogen and oxygen atoms in total. The SMILES string of the molecule is Cc1cn(C2CCCC2)c(NCc2ccccc2F)n1. The minimum Gasteiger partial charge on any atom is -0.351 e. The van der Waals surface area contributed by atoms with Gasteiger partial charge < -0.3 is 9.88 Å². The summed E-state index contributed by atoms with van der Waals surface area (Å²) in [6, 6.07) is 7.40. The van der Waals surface area contributed by atoms with Crippen LogP contribution in [0.15, 0.2) is 30.5 Å². The number of aromatic nitrogens is 2. The fourth-order valence-electron chi connectivity index (χ4n) is 2.92. The van der Waals surface area contributed by atoms with E-state index in [0.29, 0.717) is 18.2 Å². The first-order valence-electron chi connectivity index (χ1n) is 7.27. The van der Waals surface area contributed by atoms with Gasteiger partial charge in [-0.3, -0.25) is 0 Å². The van der Waals surface area contributed by atoms with E-state index in [9.17, 15) is 4.39 Å². The van der Waals surface area contributed by atoms with Crippen molar-refractivity contribution in [2.45, 2.75) is 45.2 Å². The summed E-state index contributed by atoms with van der Waals surface area (Å²) >= 11 is 0. The van der Waals surface area contributed by atoms with Gasteiger partial charge in [-0.25, -0.2) is 9.37 Å². The third-order valence-electron chi connectivity index (χ3n) is 3.97. The Labute approximate surface area is 118 Å². The van der Waals surface area contributed by atoms with E-state index in [4.69, 9.17) is 0 Å². The van der Waals surface area contributed by atoms with Crippen molar-refractivity contribution in [3.05, 3.63) is 47.5 Å². The van der Waals surface area contributed by atoms with Crippen LogP contribution in [0.4, 0.5) is 10.3 Å². The zero-order chi connectivity index (χ0) is 13.9. The van der Waals surface area contributed by atoms with E-state index >= 15 is 0 Å². The van der Waals surface area contributed by atoms with Gasteiger partial charge in [-0.2, -0.15) is 0 Å². The zero-order valence-electron chi connectivity index (χ0n) is 11.8. The molecule has 1 fully saturated rings. The number of nitrogens with one attached hydrogen (secondary N) is 1. The lowest BCUT2D eigenvalue weighted by molar-refractivity contribution is 0.522. The third kappa shape index (κ3) is 2.69. The Morgan fingerprint density at radius 2 is 2.05 bits per heavy atom. The van der Waals surface area contributed by atoms with Gasteiger partial charge in [0.1, 0.15) is 5.82 Å². The summed E-state index contributed by atoms with van der Waals surface area (Å²) in [5, 5.41) is 3.28. The van der Waals surface area contributed by atoms with Crippen LogP contribution in [0.3, 0.4) is 0 Å². The van der Waals surface area contributed by atoms with Gasteiger partial charge in [-0.15, -0.1) is 0 Å². The maximum atomic E-state index is 13.6. The molecule has 0 unspecified atom stereocenters. The van der Waals surface area contributed by atoms with Crippen molar-refractivity contribution >= 4 is 5.95 Å². The number of rotatable bonds is 4. The molecule has 106 valence electrons. The van der Waals surface area contributed by atoms with Gasteiger partial charge in [-0.1, -0.05) is 31.0 Å². The van der Waals surface area contributed by atoms with E-state index in [2.05, 4.69) is 21.1 Å². The number of benzene rings is 1. The van der Waals surface area contributed by atoms with Crippen LogP contribution in [0.5, 0.6) is 0 Å². The van der Waals surface area contributed by atoms with E-state index in [0.717, 1.165) is 11.6 Å². The quantitative estimate of drug-likeness (QED) is 0.910. The Morgan fingerprint density at radius 3 is 2.80 bits per heavy atom. The normalized spacial score (nSPS) is 15.7. The molecule has 1 saturated carbocycles. The van der Waals surface area contributed by atoms with Gasteiger partial charge in [-0.05, 0) is 25.8 Å². The van der Waals surface area contributed by atoms with Gasteiger partial charge in [0.15, 0.2) is 0 Å². The number of anilines is 1. The largest absolute Gasteiger partial charge is 0.351 e. The maximum Gasteiger partial charge on any atom is 0.203 e. The second kappa shape index (κ2) is 5.65. The van der Waals surface area contributed by atoms with Crippen LogP contribution in [-0.4, -0.2) is 9.55 Å². The summed E-state index contributed by atoms with van der Waals surface area (Å²) in [5.41, 5.74) is 1.68. The maximum absolute atomic E-state index is 13.6. The molecule has 0 aliphatic heterocycles. The minimum atomic E-state index is -0.171. The molecule has 3 rings (SSSR count). The van der Waals surface area contributed by atoms with Crippen LogP contribution < -0.4 is 5.32 Å². The van der Waals surface area contributed by atoms with E-state index in [1.807, 2.05) is 13.0 Å². The molecule has 0 radical (unpaired) electrons. The molecular formula is C16H20FN3. The lowest BCUT2D eigenvalue weighted by Crippen LogP contribution is -2.11. The van der Waals surface area contributed by atoms with Crippen molar-refractivity contribution < 1.29 is 4.39 Å². The Hall–Kier alpha value is -1.84. The molecule has 1 aliphatic rings. The number of hydrogen-bond donors (Lipinski definition) is 1. The monoisotopic (exact) mass is 273 g/mol. The second-order valence-electron chi connectivity index (χ2n) is 5.50. The van der Waals surface area contributed by atoms with Crippen molar-refractivity contribution in [2.24, 2.45) is 0 Å². The van der Waals surface area contributed by atoms with E-state index in [1.165, 1.54) is 31.7 Å². The predicted molar refractivity (Wildman–Crippen MR) is 78.2 cm³/mol. The zero-order valence-corrected chi connectivity index (χ0v) is 11.8. The topological polar surface area (TPSA) is 29.9 Å². The average molecular weight is 273 g/mol. The highest BCUT2D eigenvalue weighted by Gasteiger charge is 2.20. The number of aryl methyl sites for hydroxylation is 1. The van der Waals surface area contributed by atoms with Crippen LogP contribution in [-0.2, 0) is 6.54 Å². The average Bonchev–Trinajstić information content (AvgIpc) is 3.07. The van der Waals surface area contributed by atoms with Gasteiger partial charge in [0.2, 0.25) is 5.95 Å². The fraction of sp³-hybridized carbons (Fsp3) is 0.438. The summed E-state index contributed by atoms with van der Waals surface area (Å²) in [4.78, 5) is 4.53. The molecule has 1 aromatic carbocycles. The van der Waals surface area contributed by atoms with Gasteiger partial charge in [0, 0.05) is 24.3 Å². The van der Waals surface area contributed by atoms with Crippen molar-refractivity contribution in [3.8, 4) is 0 Å². The molecule has 20 heavy (non-hydrogen) atoms. The smallest absolute Gasteiger partial charge is 0.203 e. The lowest BCUT2D eigenvalue weighted by Gasteiger charge is -2.15. The minimum absolute atomic E-state index is 0.171. The molecule has 1 N–H and O–H groups in total. The van der Waals surface area contributed by atoms with Gasteiger partial charge in [0.05, 0.1) is 5.69 Å². The molecule has 0 atom stereocenters. The molecule has 0 spiro atoms. The fourth-order valence-corrected chi connectivity index (χ4v) is 2.92. The molecule has 0 saturated heterocycles. The Kier molecular flexibility index (Phi) is 3.72. The second-order valence-corrected chi connectivity index (χ2v) is 5.50. The van der Waals surface area contributed by atoms with E-state index in [1.54, 1.807) is 12.1 Å². The van der Waals surface area contributed by atoms with Crippen LogP contribution in [0.2, 0.25) is 0 Å². The molecule has 1 aromatic heterocycles. The van der Waals surface area contributed by atoms with E-state index < -0.39 is 0 Å². The van der Waals surface area contributed by atoms with Crippen LogP contribution in [0.25, 0.3) is 0 Å². The first-order valence-corrected chi connectivity index (χ1v) is 7.27. The molecular weight excluding hydrogens is 253 g/mol. The van der Waals surface area contributed by atoms with Gasteiger partial charge in [0.25, 0.3) is 0 Å². The van der Waals surface area contributed by atoms with Gasteiger partial charge >= 0.3 is 0 Å². The number of hydrogen-bond acceptors (Lipinski definition) is 2. The molecule has 0 bridgehead atoms. The Balaban J connectivity index is 1.75. The number of halogens is 1. The van der Waals surface area contributed by atoms with Crippen molar-refractivity contribution in [1.29, 1.82) is 0 Å². The molecule has 2 aromatic rings. The highest BCUT2D eigenvalue weighted by atomic mass is 19.1. The first-order chi connectivity index (χ1) is 9.74. The summed E-state index contributed by atoms with van der Waals surface area (Å²) in [6.45, 7) is 2.47. The third-order valence-corrected chi connectivity index (χ3v) is 3.97. The first kappa shape index (κ1) is 13.2. The van der Waals surface area contributed by atoms with E-state index in [-0.39, 0.29) is 5.82 Å². The van der Waals surface area contributed by atoms with Crippen LogP contribution in [0, 0.1) is 12.7 Å². The molecule has 1 aliphatic carbocycles. The predicted octanol–water partition coefficient (Wildman–Crippen LogP) is 4.06. The van der Waals surface area contributed by atoms with Crippen LogP contribution in [0.1, 0.15) is 43.0 Å². The van der Waals surface area contributed by atoms with Crippen molar-refractivity contribution in [2.75, 3.05) is 5.32 Å². The molecule has 4 heteroatoms. The summed E-state index contributed by atoms with van der Waals surface area (Å²) < 4.78 is 15.9.